The van der Waals surface area contributed by atoms with Crippen molar-refractivity contribution >= 4 is 16.7 Å². The molecule has 0 unspecified atom stereocenters. The third-order valence-corrected chi connectivity index (χ3v) is 2.36. The van der Waals surface area contributed by atoms with Gasteiger partial charge >= 0.3 is 0 Å². The zero-order valence-corrected chi connectivity index (χ0v) is 8.23. The van der Waals surface area contributed by atoms with Crippen LogP contribution in [0.15, 0.2) is 18.2 Å². The van der Waals surface area contributed by atoms with Crippen molar-refractivity contribution in [3.05, 3.63) is 47.0 Å². The van der Waals surface area contributed by atoms with Crippen LogP contribution in [0.4, 0.5) is 17.6 Å². The summed E-state index contributed by atoms with van der Waals surface area (Å²) in [6.07, 6.45) is 0. The molecule has 2 aromatic rings. The Kier molecular flexibility index (Phi) is 2.49. The molecule has 2 aromatic carbocycles. The van der Waals surface area contributed by atoms with E-state index in [1.807, 2.05) is 0 Å². The molecule has 0 aliphatic carbocycles. The molecule has 0 radical (unpaired) electrons. The molecule has 0 heterocycles. The Morgan fingerprint density at radius 3 is 1.94 bits per heavy atom. The maximum atomic E-state index is 13.3. The molecule has 0 atom stereocenters. The molecule has 0 aliphatic rings. The van der Waals surface area contributed by atoms with Gasteiger partial charge in [-0.3, -0.25) is 4.79 Å². The molecule has 2 nitrogen and oxygen atoms in total. The molecule has 17 heavy (non-hydrogen) atoms. The molecule has 0 spiro atoms. The van der Waals surface area contributed by atoms with Crippen LogP contribution in [0.1, 0.15) is 10.4 Å². The van der Waals surface area contributed by atoms with Crippen molar-refractivity contribution < 1.29 is 22.4 Å². The molecule has 2 rings (SSSR count). The summed E-state index contributed by atoms with van der Waals surface area (Å²) < 4.78 is 52.5. The first-order valence-corrected chi connectivity index (χ1v) is 4.49. The van der Waals surface area contributed by atoms with Crippen molar-refractivity contribution in [2.75, 3.05) is 0 Å². The topological polar surface area (TPSA) is 43.1 Å². The summed E-state index contributed by atoms with van der Waals surface area (Å²) in [4.78, 5) is 10.8. The van der Waals surface area contributed by atoms with Gasteiger partial charge in [-0.1, -0.05) is 6.07 Å². The highest BCUT2D eigenvalue weighted by molar-refractivity contribution is 5.97. The van der Waals surface area contributed by atoms with E-state index < -0.39 is 39.9 Å². The van der Waals surface area contributed by atoms with Crippen LogP contribution in [0.5, 0.6) is 0 Å². The van der Waals surface area contributed by atoms with Gasteiger partial charge in [-0.25, -0.2) is 17.6 Å². The van der Waals surface area contributed by atoms with Crippen molar-refractivity contribution in [2.45, 2.75) is 0 Å². The third kappa shape index (κ3) is 1.61. The molecule has 6 heteroatoms. The first-order valence-electron chi connectivity index (χ1n) is 4.49. The number of benzene rings is 2. The van der Waals surface area contributed by atoms with Crippen LogP contribution in [0.2, 0.25) is 0 Å². The van der Waals surface area contributed by atoms with Gasteiger partial charge in [-0.2, -0.15) is 0 Å². The summed E-state index contributed by atoms with van der Waals surface area (Å²) in [6.45, 7) is 0. The Morgan fingerprint density at radius 1 is 0.882 bits per heavy atom. The Labute approximate surface area is 92.6 Å². The predicted molar refractivity (Wildman–Crippen MR) is 52.3 cm³/mol. The lowest BCUT2D eigenvalue weighted by Crippen LogP contribution is -2.11. The predicted octanol–water partition coefficient (Wildman–Crippen LogP) is 2.50. The smallest absolute Gasteiger partial charge is 0.248 e. The van der Waals surface area contributed by atoms with Gasteiger partial charge in [0.05, 0.1) is 0 Å². The van der Waals surface area contributed by atoms with Crippen LogP contribution in [0, 0.1) is 23.3 Å². The number of primary amides is 1. The van der Waals surface area contributed by atoms with Crippen molar-refractivity contribution in [1.82, 2.24) is 0 Å². The highest BCUT2D eigenvalue weighted by Gasteiger charge is 2.20. The van der Waals surface area contributed by atoms with Crippen LogP contribution >= 0.6 is 0 Å². The summed E-state index contributed by atoms with van der Waals surface area (Å²) >= 11 is 0. The fraction of sp³-hybridized carbons (Fsp3) is 0. The zero-order chi connectivity index (χ0) is 12.7. The number of fused-ring (bicyclic) bond motifs is 1. The van der Waals surface area contributed by atoms with Crippen LogP contribution in [0.25, 0.3) is 10.8 Å². The second-order valence-corrected chi connectivity index (χ2v) is 3.38. The first kappa shape index (κ1) is 11.4. The Morgan fingerprint density at radius 2 is 1.41 bits per heavy atom. The quantitative estimate of drug-likeness (QED) is 0.466. The number of rotatable bonds is 1. The van der Waals surface area contributed by atoms with E-state index in [0.717, 1.165) is 18.2 Å². The van der Waals surface area contributed by atoms with Crippen molar-refractivity contribution in [3.63, 3.8) is 0 Å². The van der Waals surface area contributed by atoms with Crippen molar-refractivity contribution in [3.8, 4) is 0 Å². The molecule has 88 valence electrons. The molecule has 0 bridgehead atoms. The maximum absolute atomic E-state index is 13.3. The molecule has 0 fully saturated rings. The minimum Gasteiger partial charge on any atom is -0.366 e. The average Bonchev–Trinajstić information content (AvgIpc) is 2.32. The van der Waals surface area contributed by atoms with E-state index in [0.29, 0.717) is 0 Å². The molecule has 0 saturated carbocycles. The summed E-state index contributed by atoms with van der Waals surface area (Å²) in [6, 6.07) is 2.94. The lowest BCUT2D eigenvalue weighted by Gasteiger charge is -2.05. The second kappa shape index (κ2) is 3.73. The number of nitrogens with two attached hydrogens (primary N) is 1. The van der Waals surface area contributed by atoms with E-state index in [4.69, 9.17) is 5.73 Å². The number of hydrogen-bond acceptors (Lipinski definition) is 1. The summed E-state index contributed by atoms with van der Waals surface area (Å²) in [5.74, 6) is -7.74. The third-order valence-electron chi connectivity index (χ3n) is 2.36. The number of hydrogen-bond donors (Lipinski definition) is 1. The van der Waals surface area contributed by atoms with Gasteiger partial charge in [0, 0.05) is 16.3 Å². The van der Waals surface area contributed by atoms with Gasteiger partial charge < -0.3 is 5.73 Å². The van der Waals surface area contributed by atoms with Gasteiger partial charge in [-0.15, -0.1) is 0 Å². The minimum absolute atomic E-state index is 0.123. The zero-order valence-electron chi connectivity index (χ0n) is 8.23. The summed E-state index contributed by atoms with van der Waals surface area (Å²) in [7, 11) is 0. The maximum Gasteiger partial charge on any atom is 0.248 e. The number of carbonyl (C=O) groups excluding carboxylic acids is 1. The van der Waals surface area contributed by atoms with Gasteiger partial charge in [0.1, 0.15) is 0 Å². The van der Waals surface area contributed by atoms with E-state index >= 15 is 0 Å². The van der Waals surface area contributed by atoms with E-state index in [2.05, 4.69) is 0 Å². The van der Waals surface area contributed by atoms with E-state index in [9.17, 15) is 22.4 Å². The second-order valence-electron chi connectivity index (χ2n) is 3.38. The molecule has 0 aromatic heterocycles. The SMILES string of the molecule is NC(=O)c1ccc2c(F)c(F)c(F)c(F)c2c1. The Bertz CT molecular complexity index is 639. The molecular formula is C11H5F4NO. The van der Waals surface area contributed by atoms with Gasteiger partial charge in [-0.05, 0) is 12.1 Å². The number of carbonyl (C=O) groups is 1. The van der Waals surface area contributed by atoms with Gasteiger partial charge in [0.2, 0.25) is 5.91 Å². The van der Waals surface area contributed by atoms with Crippen molar-refractivity contribution in [2.24, 2.45) is 5.73 Å². The van der Waals surface area contributed by atoms with Gasteiger partial charge in [0.15, 0.2) is 23.3 Å². The minimum atomic E-state index is -1.92. The fourth-order valence-electron chi connectivity index (χ4n) is 1.50. The van der Waals surface area contributed by atoms with Crippen LogP contribution < -0.4 is 5.73 Å². The average molecular weight is 243 g/mol. The molecule has 0 aliphatic heterocycles. The number of halogens is 4. The van der Waals surface area contributed by atoms with E-state index in [1.54, 1.807) is 0 Å². The highest BCUT2D eigenvalue weighted by Crippen LogP contribution is 2.27. The monoisotopic (exact) mass is 243 g/mol. The lowest BCUT2D eigenvalue weighted by atomic mass is 10.0. The molecule has 0 saturated heterocycles. The molecule has 1 amide bonds. The van der Waals surface area contributed by atoms with Crippen LogP contribution in [-0.2, 0) is 0 Å². The van der Waals surface area contributed by atoms with E-state index in [1.165, 1.54) is 0 Å². The Balaban J connectivity index is 2.91. The highest BCUT2D eigenvalue weighted by atomic mass is 19.2. The summed E-state index contributed by atoms with van der Waals surface area (Å²) in [5, 5.41) is -0.982. The Hall–Kier alpha value is -2.11. The van der Waals surface area contributed by atoms with Crippen LogP contribution in [0.3, 0.4) is 0 Å². The largest absolute Gasteiger partial charge is 0.366 e. The molecular weight excluding hydrogens is 238 g/mol. The molecule has 2 N–H and O–H groups in total. The number of amides is 1. The first-order chi connectivity index (χ1) is 7.93. The van der Waals surface area contributed by atoms with Crippen LogP contribution in [-0.4, -0.2) is 5.91 Å². The van der Waals surface area contributed by atoms with Crippen molar-refractivity contribution in [1.29, 1.82) is 0 Å². The normalized spacial score (nSPS) is 10.8. The van der Waals surface area contributed by atoms with Gasteiger partial charge in [0.25, 0.3) is 0 Å². The standard InChI is InChI=1S/C11H5F4NO/c12-7-5-2-1-4(11(16)17)3-6(5)8(13)10(15)9(7)14/h1-3H,(H2,16,17). The lowest BCUT2D eigenvalue weighted by molar-refractivity contribution is 0.100. The fourth-order valence-corrected chi connectivity index (χ4v) is 1.50. The van der Waals surface area contributed by atoms with E-state index in [-0.39, 0.29) is 5.56 Å². The summed E-state index contributed by atoms with van der Waals surface area (Å²) in [5.41, 5.74) is 4.81.